The molecule has 3 amide bonds. The minimum Gasteiger partial charge on any atom is -0.478 e. The molecular weight excluding hydrogens is 1460 g/mol. The van der Waals surface area contributed by atoms with Crippen LogP contribution in [0.4, 0.5) is 64.1 Å². The van der Waals surface area contributed by atoms with Gasteiger partial charge in [0.15, 0.2) is 0 Å². The maximum absolute atomic E-state index is 13.3. The first kappa shape index (κ1) is 86.6. The number of carbonyl (C=O) groups is 6. The molecular formula is C76H80F12N10O11. The second-order valence-corrected chi connectivity index (χ2v) is 24.4. The van der Waals surface area contributed by atoms with Crippen molar-refractivity contribution in [2.45, 2.75) is 68.9 Å². The molecule has 0 radical (unpaired) electrons. The number of cyclic esters (lactones) is 2. The lowest BCUT2D eigenvalue weighted by atomic mass is 10.1. The minimum absolute atomic E-state index is 0.000000000000000444. The van der Waals surface area contributed by atoms with Crippen molar-refractivity contribution >= 4 is 47.0 Å². The van der Waals surface area contributed by atoms with E-state index in [1.807, 2.05) is 57.4 Å². The van der Waals surface area contributed by atoms with Gasteiger partial charge in [-0.1, -0.05) is 48.5 Å². The number of benzene rings is 5. The van der Waals surface area contributed by atoms with Gasteiger partial charge in [-0.2, -0.15) is 39.5 Å². The number of nitrogens with zero attached hydrogens (tertiary/aromatic N) is 7. The van der Waals surface area contributed by atoms with E-state index in [1.54, 1.807) is 35.2 Å². The lowest BCUT2D eigenvalue weighted by Gasteiger charge is -2.19. The number of hydrogen-bond acceptors (Lipinski definition) is 17. The van der Waals surface area contributed by atoms with Crippen molar-refractivity contribution in [2.75, 3.05) is 105 Å². The molecule has 4 aliphatic heterocycles. The average molecular weight is 1540 g/mol. The highest BCUT2D eigenvalue weighted by Gasteiger charge is 2.36. The Morgan fingerprint density at radius 3 is 1.33 bits per heavy atom. The van der Waals surface area contributed by atoms with Crippen LogP contribution in [0, 0.1) is 5.82 Å². The SMILES string of the molecule is CF.CF.CN(C)c1ccc(CCN)cc1.CN(C)c1ccc(CCNC(=O)c2ccccc2C(=O)N2CC[C@@H](Oc3ccc(C(F)(F)F)cn3)C2)cc1.FC(F)(F)c1ccc(O[C@@H]2CCNC2)nc1.O=C(O)c1ccccc1C(=O)N1CC[C@@H](Oc2ccc(C(F)(F)F)cn2)C1.O=C1OC(=O)c2cc(F)ccc21. The Morgan fingerprint density at radius 2 is 0.945 bits per heavy atom. The zero-order chi connectivity index (χ0) is 80.2. The van der Waals surface area contributed by atoms with Gasteiger partial charge in [0.1, 0.15) is 24.1 Å². The molecule has 3 fully saturated rings. The first-order valence-electron chi connectivity index (χ1n) is 33.5. The molecule has 0 aliphatic carbocycles. The Labute approximate surface area is 619 Å². The molecule has 3 atom stereocenters. The molecule has 5 aromatic carbocycles. The zero-order valence-electron chi connectivity index (χ0n) is 59.9. The number of anilines is 2. The number of esters is 2. The number of alkyl halides is 11. The van der Waals surface area contributed by atoms with E-state index in [1.165, 1.54) is 52.5 Å². The molecule has 7 heterocycles. The molecule has 0 unspecified atom stereocenters. The highest BCUT2D eigenvalue weighted by Crippen LogP contribution is 2.33. The molecule has 0 saturated carbocycles. The van der Waals surface area contributed by atoms with E-state index >= 15 is 0 Å². The fourth-order valence-electron chi connectivity index (χ4n) is 10.7. The van der Waals surface area contributed by atoms with Crippen LogP contribution in [0.2, 0.25) is 0 Å². The van der Waals surface area contributed by atoms with E-state index in [0.717, 1.165) is 86.0 Å². The topological polar surface area (TPSA) is 261 Å². The van der Waals surface area contributed by atoms with Crippen LogP contribution in [0.1, 0.15) is 109 Å². The third kappa shape index (κ3) is 26.2. The number of aromatic carboxylic acids is 1. The number of nitrogens with two attached hydrogens (primary N) is 1. The van der Waals surface area contributed by atoms with Gasteiger partial charge in [0, 0.05) is 115 Å². The number of hydrogen-bond donors (Lipinski definition) is 4. The number of rotatable bonds is 17. The summed E-state index contributed by atoms with van der Waals surface area (Å²) >= 11 is 0. The number of nitrogens with one attached hydrogen (secondary N) is 2. The number of likely N-dealkylation sites (tertiary alicyclic amines) is 2. The molecule has 109 heavy (non-hydrogen) atoms. The highest BCUT2D eigenvalue weighted by molar-refractivity contribution is 6.14. The number of aromatic nitrogens is 3. The molecule has 4 aliphatic rings. The van der Waals surface area contributed by atoms with Crippen LogP contribution in [0.15, 0.2) is 170 Å². The van der Waals surface area contributed by atoms with Crippen molar-refractivity contribution in [3.05, 3.63) is 237 Å². The summed E-state index contributed by atoms with van der Waals surface area (Å²) in [5.74, 6) is -3.98. The number of carboxylic acids is 1. The lowest BCUT2D eigenvalue weighted by Crippen LogP contribution is -2.34. The molecule has 21 nitrogen and oxygen atoms in total. The van der Waals surface area contributed by atoms with Gasteiger partial charge in [-0.3, -0.25) is 23.2 Å². The van der Waals surface area contributed by atoms with E-state index in [9.17, 15) is 86.6 Å². The monoisotopic (exact) mass is 1540 g/mol. The van der Waals surface area contributed by atoms with Crippen molar-refractivity contribution in [2.24, 2.45) is 5.73 Å². The molecule has 8 aromatic rings. The number of carboxylic acid groups (broad SMARTS) is 1. The lowest BCUT2D eigenvalue weighted by molar-refractivity contribution is -0.138. The minimum atomic E-state index is -4.47. The van der Waals surface area contributed by atoms with Gasteiger partial charge in [0.25, 0.3) is 17.7 Å². The number of pyridine rings is 3. The normalized spacial score (nSPS) is 15.4. The predicted octanol–water partition coefficient (Wildman–Crippen LogP) is 12.9. The van der Waals surface area contributed by atoms with E-state index in [2.05, 4.69) is 59.5 Å². The standard InChI is InChI=1S/C28H29F3N4O3.C18H15F3N2O4.C10H11F3N2O.C10H16N2.C8H3FO3.2CH3F/c1-34(2)21-10-7-19(8-11-21)13-15-32-26(36)23-5-3-4-6-24(23)27(37)35-16-14-22(18-35)38-25-12-9-20(17-33-25)28(29,30)31;19-18(20,21)11-5-6-15(22-9-11)27-12-7-8-23(10-12)16(24)13-3-1-2-4-14(13)17(25)26;11-10(12,13)7-1-2-9(15-5-7)16-8-3-4-14-6-8;1-12(2)10-5-3-9(4-6-10)7-8-11;9-4-1-2-5-6(3-4)8(11)12-7(5)10;2*1-2/h3-12,17,22H,13-16,18H2,1-2H3,(H,32,36);1-6,9,12H,7-8,10H2,(H,25,26);1-2,5,8,14H,3-4,6H2;3-6H,7-8,11H2,1-2H3;1-3H;2*1H3/t22-;12-;8-;;;;/m111..../s1. The van der Waals surface area contributed by atoms with Crippen LogP contribution >= 0.6 is 0 Å². The molecule has 3 aromatic heterocycles. The smallest absolute Gasteiger partial charge is 0.417 e. The van der Waals surface area contributed by atoms with E-state index in [4.69, 9.17) is 19.9 Å². The Kier molecular flexibility index (Phi) is 32.7. The molecule has 12 rings (SSSR count). The quantitative estimate of drug-likeness (QED) is 0.0375. The van der Waals surface area contributed by atoms with Crippen LogP contribution in [-0.2, 0) is 36.1 Å². The number of fused-ring (bicyclic) bond motifs is 1. The maximum atomic E-state index is 13.3. The third-order valence-corrected chi connectivity index (χ3v) is 16.4. The van der Waals surface area contributed by atoms with Crippen molar-refractivity contribution in [3.8, 4) is 17.6 Å². The summed E-state index contributed by atoms with van der Waals surface area (Å²) in [4.78, 5) is 89.8. The molecule has 3 saturated heterocycles. The Bertz CT molecular complexity index is 4250. The second-order valence-electron chi connectivity index (χ2n) is 24.4. The largest absolute Gasteiger partial charge is 0.478 e. The average Bonchev–Trinajstić information content (AvgIpc) is 1.72. The summed E-state index contributed by atoms with van der Waals surface area (Å²) in [5.41, 5.74) is 8.38. The number of halogens is 12. The fraction of sp³-hybridized carbons (Fsp3) is 0.329. The Balaban J connectivity index is 0.000000226. The van der Waals surface area contributed by atoms with Gasteiger partial charge in [0.05, 0.1) is 77.5 Å². The van der Waals surface area contributed by atoms with Crippen LogP contribution in [0.25, 0.3) is 0 Å². The molecule has 33 heteroatoms. The van der Waals surface area contributed by atoms with Crippen LogP contribution in [0.5, 0.6) is 17.6 Å². The maximum Gasteiger partial charge on any atom is 0.417 e. The summed E-state index contributed by atoms with van der Waals surface area (Å²) in [6, 6.07) is 38.8. The van der Waals surface area contributed by atoms with E-state index < -0.39 is 77.1 Å². The fourth-order valence-corrected chi connectivity index (χ4v) is 10.7. The van der Waals surface area contributed by atoms with Gasteiger partial charge in [-0.15, -0.1) is 0 Å². The van der Waals surface area contributed by atoms with Crippen molar-refractivity contribution in [3.63, 3.8) is 0 Å². The third-order valence-electron chi connectivity index (χ3n) is 16.4. The first-order chi connectivity index (χ1) is 51.8. The van der Waals surface area contributed by atoms with Gasteiger partial charge in [0.2, 0.25) is 17.6 Å². The van der Waals surface area contributed by atoms with Gasteiger partial charge in [-0.05, 0) is 128 Å². The highest BCUT2D eigenvalue weighted by atomic mass is 19.4. The summed E-state index contributed by atoms with van der Waals surface area (Å²) in [6.07, 6.45) is -8.51. The van der Waals surface area contributed by atoms with E-state index in [0.29, 0.717) is 66.0 Å². The van der Waals surface area contributed by atoms with Gasteiger partial charge in [-0.25, -0.2) is 33.7 Å². The van der Waals surface area contributed by atoms with Crippen LogP contribution in [0.3, 0.4) is 0 Å². The van der Waals surface area contributed by atoms with Crippen molar-refractivity contribution in [1.82, 2.24) is 35.4 Å². The summed E-state index contributed by atoms with van der Waals surface area (Å²) in [5, 5.41) is 15.2. The zero-order valence-corrected chi connectivity index (χ0v) is 59.9. The van der Waals surface area contributed by atoms with Crippen molar-refractivity contribution in [1.29, 1.82) is 0 Å². The second kappa shape index (κ2) is 41.1. The van der Waals surface area contributed by atoms with Crippen LogP contribution < -0.4 is 40.4 Å². The number of ether oxygens (including phenoxy) is 4. The summed E-state index contributed by atoms with van der Waals surface area (Å²) in [7, 11) is 9.02. The molecule has 5 N–H and O–H groups in total. The predicted molar refractivity (Wildman–Crippen MR) is 380 cm³/mol. The summed E-state index contributed by atoms with van der Waals surface area (Å²) < 4.78 is 165. The molecule has 0 bridgehead atoms. The Morgan fingerprint density at radius 1 is 0.541 bits per heavy atom. The number of carbonyl (C=O) groups excluding carboxylic acids is 5. The Hall–Kier alpha value is -11.4. The first-order valence-corrected chi connectivity index (χ1v) is 33.5. The van der Waals surface area contributed by atoms with E-state index in [-0.39, 0.29) is 82.0 Å². The summed E-state index contributed by atoms with van der Waals surface area (Å²) in [6.45, 7) is 3.88. The van der Waals surface area contributed by atoms with Gasteiger partial charge < -0.3 is 60.0 Å². The van der Waals surface area contributed by atoms with Crippen molar-refractivity contribution < 1.29 is 106 Å². The number of amides is 3. The molecule has 584 valence electrons. The molecule has 0 spiro atoms. The van der Waals surface area contributed by atoms with Crippen LogP contribution in [-0.4, -0.2) is 179 Å². The van der Waals surface area contributed by atoms with Gasteiger partial charge >= 0.3 is 36.4 Å².